The van der Waals surface area contributed by atoms with Crippen molar-refractivity contribution in [3.63, 3.8) is 0 Å². The largest absolute Gasteiger partial charge is 0.369 e. The molecule has 0 amide bonds. The summed E-state index contributed by atoms with van der Waals surface area (Å²) in [7, 11) is 0. The Hall–Kier alpha value is -1.40. The standard InChI is InChI=1S/C12H24N6/c1-4-7-18(5-2)8-6-14-11-9-10(3)15-12(16-11)17-13/h9H,4-8,13H2,1-3H3,(H2,14,15,16,17). The van der Waals surface area contributed by atoms with Gasteiger partial charge in [0.1, 0.15) is 5.82 Å². The number of nitrogen functional groups attached to an aromatic ring is 1. The number of anilines is 2. The molecule has 0 aromatic carbocycles. The van der Waals surface area contributed by atoms with Crippen molar-refractivity contribution in [2.24, 2.45) is 5.84 Å². The molecule has 0 radical (unpaired) electrons. The Morgan fingerprint density at radius 1 is 1.28 bits per heavy atom. The molecule has 0 atom stereocenters. The maximum absolute atomic E-state index is 5.31. The van der Waals surface area contributed by atoms with E-state index in [2.05, 4.69) is 39.5 Å². The Kier molecular flexibility index (Phi) is 6.38. The van der Waals surface area contributed by atoms with Gasteiger partial charge in [-0.25, -0.2) is 10.8 Å². The Labute approximate surface area is 109 Å². The van der Waals surface area contributed by atoms with Gasteiger partial charge < -0.3 is 10.2 Å². The number of aryl methyl sites for hydroxylation is 1. The number of nitrogens with one attached hydrogen (secondary N) is 2. The van der Waals surface area contributed by atoms with Gasteiger partial charge in [-0.2, -0.15) is 4.98 Å². The highest BCUT2D eigenvalue weighted by atomic mass is 15.3. The Bertz CT molecular complexity index is 354. The highest BCUT2D eigenvalue weighted by molar-refractivity contribution is 5.41. The minimum absolute atomic E-state index is 0.443. The number of hydrogen-bond acceptors (Lipinski definition) is 6. The van der Waals surface area contributed by atoms with Gasteiger partial charge >= 0.3 is 0 Å². The van der Waals surface area contributed by atoms with E-state index in [0.717, 1.165) is 37.7 Å². The van der Waals surface area contributed by atoms with E-state index in [4.69, 9.17) is 5.84 Å². The first kappa shape index (κ1) is 14.7. The third-order valence-corrected chi connectivity index (χ3v) is 2.70. The lowest BCUT2D eigenvalue weighted by Crippen LogP contribution is -2.29. The van der Waals surface area contributed by atoms with Crippen LogP contribution in [0.15, 0.2) is 6.07 Å². The zero-order chi connectivity index (χ0) is 13.4. The molecule has 0 bridgehead atoms. The molecule has 6 nitrogen and oxygen atoms in total. The van der Waals surface area contributed by atoms with Crippen molar-refractivity contribution in [1.29, 1.82) is 0 Å². The van der Waals surface area contributed by atoms with Gasteiger partial charge in [0.05, 0.1) is 0 Å². The quantitative estimate of drug-likeness (QED) is 0.477. The van der Waals surface area contributed by atoms with Crippen LogP contribution in [0.5, 0.6) is 0 Å². The average molecular weight is 252 g/mol. The van der Waals surface area contributed by atoms with Crippen molar-refractivity contribution in [2.45, 2.75) is 27.2 Å². The number of aromatic nitrogens is 2. The number of hydrazine groups is 1. The van der Waals surface area contributed by atoms with Crippen LogP contribution in [0.1, 0.15) is 26.0 Å². The molecule has 0 aliphatic rings. The number of nitrogens with zero attached hydrogens (tertiary/aromatic N) is 3. The predicted molar refractivity (Wildman–Crippen MR) is 75.5 cm³/mol. The van der Waals surface area contributed by atoms with Gasteiger partial charge in [-0.3, -0.25) is 5.43 Å². The van der Waals surface area contributed by atoms with Crippen LogP contribution in [0, 0.1) is 6.92 Å². The molecule has 0 saturated carbocycles. The van der Waals surface area contributed by atoms with Crippen molar-refractivity contribution < 1.29 is 0 Å². The van der Waals surface area contributed by atoms with Crippen molar-refractivity contribution in [2.75, 3.05) is 36.9 Å². The van der Waals surface area contributed by atoms with E-state index >= 15 is 0 Å². The first-order chi connectivity index (χ1) is 8.69. The van der Waals surface area contributed by atoms with Crippen LogP contribution in [0.4, 0.5) is 11.8 Å². The minimum Gasteiger partial charge on any atom is -0.369 e. The van der Waals surface area contributed by atoms with Crippen molar-refractivity contribution in [1.82, 2.24) is 14.9 Å². The summed E-state index contributed by atoms with van der Waals surface area (Å²) in [6.07, 6.45) is 1.18. The number of rotatable bonds is 8. The summed E-state index contributed by atoms with van der Waals surface area (Å²) < 4.78 is 0. The van der Waals surface area contributed by atoms with Crippen LogP contribution in [-0.4, -0.2) is 41.0 Å². The van der Waals surface area contributed by atoms with Gasteiger partial charge in [0.2, 0.25) is 5.95 Å². The SMILES string of the molecule is CCCN(CC)CCNc1cc(C)nc(NN)n1. The van der Waals surface area contributed by atoms with Crippen LogP contribution >= 0.6 is 0 Å². The van der Waals surface area contributed by atoms with Crippen molar-refractivity contribution >= 4 is 11.8 Å². The maximum atomic E-state index is 5.31. The van der Waals surface area contributed by atoms with E-state index < -0.39 is 0 Å². The summed E-state index contributed by atoms with van der Waals surface area (Å²) in [5, 5.41) is 3.30. The van der Waals surface area contributed by atoms with E-state index in [1.165, 1.54) is 6.42 Å². The number of likely N-dealkylation sites (N-methyl/N-ethyl adjacent to an activating group) is 1. The van der Waals surface area contributed by atoms with Gasteiger partial charge in [-0.05, 0) is 26.4 Å². The summed E-state index contributed by atoms with van der Waals surface area (Å²) in [4.78, 5) is 10.8. The molecular formula is C12H24N6. The molecule has 0 saturated heterocycles. The summed E-state index contributed by atoms with van der Waals surface area (Å²) in [6, 6.07) is 1.91. The third-order valence-electron chi connectivity index (χ3n) is 2.70. The highest BCUT2D eigenvalue weighted by Gasteiger charge is 2.02. The molecule has 1 rings (SSSR count). The van der Waals surface area contributed by atoms with Crippen LogP contribution in [0.25, 0.3) is 0 Å². The summed E-state index contributed by atoms with van der Waals surface area (Å²) in [5.41, 5.74) is 3.36. The van der Waals surface area contributed by atoms with E-state index in [0.29, 0.717) is 5.95 Å². The average Bonchev–Trinajstić information content (AvgIpc) is 2.37. The van der Waals surface area contributed by atoms with Crippen LogP contribution in [0.2, 0.25) is 0 Å². The fourth-order valence-electron chi connectivity index (χ4n) is 1.81. The first-order valence-corrected chi connectivity index (χ1v) is 6.48. The molecule has 0 aliphatic heterocycles. The molecule has 0 fully saturated rings. The highest BCUT2D eigenvalue weighted by Crippen LogP contribution is 2.08. The smallest absolute Gasteiger partial charge is 0.239 e. The topological polar surface area (TPSA) is 79.1 Å². The molecule has 0 unspecified atom stereocenters. The van der Waals surface area contributed by atoms with E-state index in [1.54, 1.807) is 0 Å². The fraction of sp³-hybridized carbons (Fsp3) is 0.667. The second-order valence-corrected chi connectivity index (χ2v) is 4.22. The Morgan fingerprint density at radius 2 is 2.06 bits per heavy atom. The van der Waals surface area contributed by atoms with Gasteiger partial charge in [-0.1, -0.05) is 13.8 Å². The van der Waals surface area contributed by atoms with Gasteiger partial charge in [0.25, 0.3) is 0 Å². The summed E-state index contributed by atoms with van der Waals surface area (Å²) >= 11 is 0. The number of hydrogen-bond donors (Lipinski definition) is 3. The molecule has 0 spiro atoms. The predicted octanol–water partition coefficient (Wildman–Crippen LogP) is 1.21. The molecule has 1 aromatic rings. The van der Waals surface area contributed by atoms with Crippen molar-refractivity contribution in [3.8, 4) is 0 Å². The zero-order valence-electron chi connectivity index (χ0n) is 11.5. The molecule has 4 N–H and O–H groups in total. The number of nitrogens with two attached hydrogens (primary N) is 1. The van der Waals surface area contributed by atoms with E-state index in [-0.39, 0.29) is 0 Å². The van der Waals surface area contributed by atoms with E-state index in [1.807, 2.05) is 13.0 Å². The lowest BCUT2D eigenvalue weighted by molar-refractivity contribution is 0.300. The van der Waals surface area contributed by atoms with Crippen molar-refractivity contribution in [3.05, 3.63) is 11.8 Å². The second-order valence-electron chi connectivity index (χ2n) is 4.22. The molecule has 18 heavy (non-hydrogen) atoms. The first-order valence-electron chi connectivity index (χ1n) is 6.48. The molecule has 1 heterocycles. The van der Waals surface area contributed by atoms with E-state index in [9.17, 15) is 0 Å². The normalized spacial score (nSPS) is 10.7. The molecule has 6 heteroatoms. The monoisotopic (exact) mass is 252 g/mol. The fourth-order valence-corrected chi connectivity index (χ4v) is 1.81. The van der Waals surface area contributed by atoms with Gasteiger partial charge in [-0.15, -0.1) is 0 Å². The minimum atomic E-state index is 0.443. The summed E-state index contributed by atoms with van der Waals surface area (Å²) in [6.45, 7) is 10.4. The molecule has 102 valence electrons. The summed E-state index contributed by atoms with van der Waals surface area (Å²) in [5.74, 6) is 6.57. The molecule has 1 aromatic heterocycles. The Balaban J connectivity index is 2.45. The zero-order valence-corrected chi connectivity index (χ0v) is 11.5. The van der Waals surface area contributed by atoms with Crippen LogP contribution in [0.3, 0.4) is 0 Å². The third kappa shape index (κ3) is 4.85. The maximum Gasteiger partial charge on any atom is 0.239 e. The lowest BCUT2D eigenvalue weighted by Gasteiger charge is -2.19. The molecular weight excluding hydrogens is 228 g/mol. The van der Waals surface area contributed by atoms with Gasteiger partial charge in [0.15, 0.2) is 0 Å². The second kappa shape index (κ2) is 7.84. The van der Waals surface area contributed by atoms with Crippen LogP contribution in [-0.2, 0) is 0 Å². The Morgan fingerprint density at radius 3 is 2.67 bits per heavy atom. The molecule has 0 aliphatic carbocycles. The lowest BCUT2D eigenvalue weighted by atomic mass is 10.4. The van der Waals surface area contributed by atoms with Crippen LogP contribution < -0.4 is 16.6 Å². The van der Waals surface area contributed by atoms with Gasteiger partial charge in [0, 0.05) is 24.8 Å².